The summed E-state index contributed by atoms with van der Waals surface area (Å²) in [5, 5.41) is 6.24. The van der Waals surface area contributed by atoms with Crippen molar-refractivity contribution in [1.29, 1.82) is 0 Å². The normalized spacial score (nSPS) is 18.6. The van der Waals surface area contributed by atoms with E-state index in [2.05, 4.69) is 15.5 Å². The summed E-state index contributed by atoms with van der Waals surface area (Å²) in [5.41, 5.74) is 1.93. The molecule has 3 heterocycles. The van der Waals surface area contributed by atoms with Gasteiger partial charge in [-0.05, 0) is 55.8 Å². The Hall–Kier alpha value is -3.70. The van der Waals surface area contributed by atoms with Crippen molar-refractivity contribution in [2.75, 3.05) is 88.9 Å². The van der Waals surface area contributed by atoms with Crippen LogP contribution < -0.4 is 15.5 Å². The average Bonchev–Trinajstić information content (AvgIpc) is 3.41. The molecule has 214 valence electrons. The number of carbonyl (C=O) groups excluding carboxylic acids is 3. The van der Waals surface area contributed by atoms with Crippen LogP contribution in [0.1, 0.15) is 33.6 Å². The van der Waals surface area contributed by atoms with Gasteiger partial charge in [-0.1, -0.05) is 6.07 Å². The molecule has 2 aromatic rings. The molecule has 0 spiro atoms. The maximum Gasteiger partial charge on any atom is 0.320 e. The fourth-order valence-corrected chi connectivity index (χ4v) is 5.40. The van der Waals surface area contributed by atoms with Gasteiger partial charge in [0.05, 0.1) is 24.6 Å². The third-order valence-corrected chi connectivity index (χ3v) is 7.59. The number of nitrogens with one attached hydrogen (secondary N) is 2. The van der Waals surface area contributed by atoms with Crippen LogP contribution in [0.3, 0.4) is 0 Å². The van der Waals surface area contributed by atoms with Crippen LogP contribution >= 0.6 is 0 Å². The molecule has 0 aliphatic carbocycles. The van der Waals surface area contributed by atoms with Gasteiger partial charge in [0.2, 0.25) is 0 Å². The lowest BCUT2D eigenvalue weighted by atomic mass is 10.1. The summed E-state index contributed by atoms with van der Waals surface area (Å²) in [7, 11) is 0. The molecule has 3 aliphatic heterocycles. The number of rotatable bonds is 4. The number of morpholine rings is 1. The van der Waals surface area contributed by atoms with Gasteiger partial charge in [0.1, 0.15) is 5.82 Å². The number of nitrogens with zero attached hydrogens (tertiary/aromatic N) is 4. The van der Waals surface area contributed by atoms with E-state index in [1.165, 1.54) is 18.2 Å². The topological polar surface area (TPSA) is 97.5 Å². The van der Waals surface area contributed by atoms with E-state index in [9.17, 15) is 18.8 Å². The molecular formula is C29H37FN6O4. The summed E-state index contributed by atoms with van der Waals surface area (Å²) in [6, 6.07) is 10.9. The summed E-state index contributed by atoms with van der Waals surface area (Å²) < 4.78 is 19.2. The van der Waals surface area contributed by atoms with Gasteiger partial charge in [0, 0.05) is 70.0 Å². The Balaban J connectivity index is 1.37. The lowest BCUT2D eigenvalue weighted by Crippen LogP contribution is -2.49. The second-order valence-electron chi connectivity index (χ2n) is 10.3. The van der Waals surface area contributed by atoms with Crippen LogP contribution in [0.5, 0.6) is 0 Å². The van der Waals surface area contributed by atoms with Gasteiger partial charge in [-0.15, -0.1) is 0 Å². The Morgan fingerprint density at radius 3 is 2.40 bits per heavy atom. The fourth-order valence-electron chi connectivity index (χ4n) is 5.40. The smallest absolute Gasteiger partial charge is 0.320 e. The van der Waals surface area contributed by atoms with E-state index >= 15 is 0 Å². The van der Waals surface area contributed by atoms with E-state index in [0.717, 1.165) is 31.6 Å². The number of hydrogen-bond acceptors (Lipinski definition) is 6. The number of ether oxygens (including phenoxy) is 1. The minimum Gasteiger partial charge on any atom is -0.378 e. The minimum absolute atomic E-state index is 0.0256. The molecule has 0 atom stereocenters. The standard InChI is InChI=1S/C29H37FN6O4/c30-24-5-1-4-22(20-24)27(37)32-25-21-23(28(38)34-10-2-8-31-9-13-34)6-7-26(25)33-11-3-12-35(15-14-33)29(39)36-16-18-40-19-17-36/h1,4-7,20-21,31H,2-3,8-19H2,(H,32,37). The van der Waals surface area contributed by atoms with Crippen molar-refractivity contribution in [2.45, 2.75) is 12.8 Å². The molecule has 3 fully saturated rings. The van der Waals surface area contributed by atoms with E-state index in [4.69, 9.17) is 4.74 Å². The van der Waals surface area contributed by atoms with E-state index < -0.39 is 11.7 Å². The third-order valence-electron chi connectivity index (χ3n) is 7.59. The Labute approximate surface area is 234 Å². The molecule has 40 heavy (non-hydrogen) atoms. The van der Waals surface area contributed by atoms with Crippen molar-refractivity contribution in [3.63, 3.8) is 0 Å². The summed E-state index contributed by atoms with van der Waals surface area (Å²) in [6.07, 6.45) is 1.63. The quantitative estimate of drug-likeness (QED) is 0.605. The molecule has 0 bridgehead atoms. The molecule has 0 saturated carbocycles. The maximum atomic E-state index is 13.8. The SMILES string of the molecule is O=C(Nc1cc(C(=O)N2CCCNCC2)ccc1N1CCCN(C(=O)N2CCOCC2)CC1)c1cccc(F)c1. The molecule has 0 unspecified atom stereocenters. The predicted octanol–water partition coefficient (Wildman–Crippen LogP) is 2.48. The van der Waals surface area contributed by atoms with E-state index in [0.29, 0.717) is 76.8 Å². The molecule has 3 aliphatic rings. The number of carbonyl (C=O) groups is 3. The number of urea groups is 1. The van der Waals surface area contributed by atoms with Gasteiger partial charge in [-0.2, -0.15) is 0 Å². The highest BCUT2D eigenvalue weighted by molar-refractivity contribution is 6.07. The number of benzene rings is 2. The van der Waals surface area contributed by atoms with Gasteiger partial charge < -0.3 is 35.0 Å². The van der Waals surface area contributed by atoms with Gasteiger partial charge >= 0.3 is 6.03 Å². The zero-order chi connectivity index (χ0) is 27.9. The summed E-state index contributed by atoms with van der Waals surface area (Å²) in [5.74, 6) is -1.04. The minimum atomic E-state index is -0.496. The third kappa shape index (κ3) is 6.71. The number of halogens is 1. The molecule has 0 radical (unpaired) electrons. The van der Waals surface area contributed by atoms with Crippen molar-refractivity contribution in [1.82, 2.24) is 20.0 Å². The van der Waals surface area contributed by atoms with E-state index in [1.54, 1.807) is 18.2 Å². The zero-order valence-electron chi connectivity index (χ0n) is 22.7. The van der Waals surface area contributed by atoms with Gasteiger partial charge in [-0.25, -0.2) is 9.18 Å². The van der Waals surface area contributed by atoms with Crippen molar-refractivity contribution in [3.05, 3.63) is 59.4 Å². The first kappa shape index (κ1) is 27.9. The van der Waals surface area contributed by atoms with Gasteiger partial charge in [0.15, 0.2) is 0 Å². The van der Waals surface area contributed by atoms with Crippen LogP contribution in [0.25, 0.3) is 0 Å². The highest BCUT2D eigenvalue weighted by Gasteiger charge is 2.27. The van der Waals surface area contributed by atoms with Crippen molar-refractivity contribution in [3.8, 4) is 0 Å². The van der Waals surface area contributed by atoms with Crippen LogP contribution in [0.2, 0.25) is 0 Å². The lowest BCUT2D eigenvalue weighted by molar-refractivity contribution is 0.0438. The van der Waals surface area contributed by atoms with Crippen molar-refractivity contribution >= 4 is 29.2 Å². The molecule has 2 aromatic carbocycles. The Morgan fingerprint density at radius 1 is 0.775 bits per heavy atom. The van der Waals surface area contributed by atoms with E-state index in [-0.39, 0.29) is 17.5 Å². The maximum absolute atomic E-state index is 13.8. The first-order valence-corrected chi connectivity index (χ1v) is 14.1. The van der Waals surface area contributed by atoms with Crippen LogP contribution in [-0.4, -0.2) is 111 Å². The Kier molecular flexibility index (Phi) is 9.12. The number of anilines is 2. The predicted molar refractivity (Wildman–Crippen MR) is 150 cm³/mol. The number of amides is 4. The average molecular weight is 553 g/mol. The van der Waals surface area contributed by atoms with Gasteiger partial charge in [-0.3, -0.25) is 9.59 Å². The molecule has 3 saturated heterocycles. The molecule has 2 N–H and O–H groups in total. The molecule has 5 rings (SSSR count). The van der Waals surface area contributed by atoms with Crippen LogP contribution in [0.15, 0.2) is 42.5 Å². The summed E-state index contributed by atoms with van der Waals surface area (Å²) in [4.78, 5) is 47.3. The first-order valence-electron chi connectivity index (χ1n) is 14.1. The highest BCUT2D eigenvalue weighted by atomic mass is 19.1. The van der Waals surface area contributed by atoms with Crippen LogP contribution in [-0.2, 0) is 4.74 Å². The van der Waals surface area contributed by atoms with Crippen LogP contribution in [0.4, 0.5) is 20.6 Å². The molecule has 10 nitrogen and oxygen atoms in total. The lowest BCUT2D eigenvalue weighted by Gasteiger charge is -2.32. The van der Waals surface area contributed by atoms with Gasteiger partial charge in [0.25, 0.3) is 11.8 Å². The van der Waals surface area contributed by atoms with E-state index in [1.807, 2.05) is 20.8 Å². The fraction of sp³-hybridized carbons (Fsp3) is 0.483. The van der Waals surface area contributed by atoms with Crippen molar-refractivity contribution < 1.29 is 23.5 Å². The second-order valence-corrected chi connectivity index (χ2v) is 10.3. The molecule has 4 amide bonds. The van der Waals surface area contributed by atoms with Crippen molar-refractivity contribution in [2.24, 2.45) is 0 Å². The second kappa shape index (κ2) is 13.1. The monoisotopic (exact) mass is 552 g/mol. The summed E-state index contributed by atoms with van der Waals surface area (Å²) in [6.45, 7) is 7.62. The molecular weight excluding hydrogens is 515 g/mol. The summed E-state index contributed by atoms with van der Waals surface area (Å²) >= 11 is 0. The Bertz CT molecular complexity index is 1210. The highest BCUT2D eigenvalue weighted by Crippen LogP contribution is 2.30. The first-order chi connectivity index (χ1) is 19.5. The van der Waals surface area contributed by atoms with Crippen LogP contribution in [0, 0.1) is 5.82 Å². The zero-order valence-corrected chi connectivity index (χ0v) is 22.7. The molecule has 11 heteroatoms. The number of hydrogen-bond donors (Lipinski definition) is 2. The Morgan fingerprint density at radius 2 is 1.57 bits per heavy atom. The largest absolute Gasteiger partial charge is 0.378 e. The molecule has 0 aromatic heterocycles.